The van der Waals surface area contributed by atoms with Crippen molar-refractivity contribution in [1.82, 2.24) is 19.3 Å². The van der Waals surface area contributed by atoms with Gasteiger partial charge in [-0.2, -0.15) is 5.10 Å². The zero-order chi connectivity index (χ0) is 16.7. The third kappa shape index (κ3) is 2.39. The maximum absolute atomic E-state index is 12.0. The average Bonchev–Trinajstić information content (AvgIpc) is 3.10. The van der Waals surface area contributed by atoms with Gasteiger partial charge in [-0.25, -0.2) is 9.67 Å². The van der Waals surface area contributed by atoms with Gasteiger partial charge in [0.05, 0.1) is 22.9 Å². The van der Waals surface area contributed by atoms with Crippen LogP contribution in [-0.2, 0) is 7.05 Å². The molecule has 0 N–H and O–H groups in total. The predicted molar refractivity (Wildman–Crippen MR) is 94.6 cm³/mol. The Morgan fingerprint density at radius 3 is 2.62 bits per heavy atom. The number of aromatic nitrogens is 4. The molecule has 0 bridgehead atoms. The van der Waals surface area contributed by atoms with Crippen molar-refractivity contribution in [3.63, 3.8) is 0 Å². The number of para-hydroxylation sites is 1. The molecule has 2 aromatic carbocycles. The van der Waals surface area contributed by atoms with Crippen molar-refractivity contribution in [2.24, 2.45) is 7.05 Å². The van der Waals surface area contributed by atoms with E-state index in [1.807, 2.05) is 59.4 Å². The molecule has 2 heterocycles. The molecule has 0 aliphatic heterocycles. The second-order valence-corrected chi connectivity index (χ2v) is 5.84. The van der Waals surface area contributed by atoms with Crippen molar-refractivity contribution in [2.75, 3.05) is 0 Å². The molecule has 0 spiro atoms. The molecule has 0 aliphatic rings. The Bertz CT molecular complexity index is 1100. The molecule has 0 fully saturated rings. The molecule has 0 atom stereocenters. The molecule has 0 saturated carbocycles. The number of nitrogens with zero attached hydrogens (tertiary/aromatic N) is 4. The lowest BCUT2D eigenvalue weighted by Crippen LogP contribution is -2.18. The van der Waals surface area contributed by atoms with Crippen molar-refractivity contribution in [3.8, 4) is 16.8 Å². The Kier molecular flexibility index (Phi) is 3.43. The van der Waals surface area contributed by atoms with Gasteiger partial charge in [-0.05, 0) is 29.8 Å². The highest BCUT2D eigenvalue weighted by molar-refractivity contribution is 6.29. The van der Waals surface area contributed by atoms with Crippen LogP contribution in [0.5, 0.6) is 0 Å². The van der Waals surface area contributed by atoms with Gasteiger partial charge < -0.3 is 4.57 Å². The number of fused-ring (bicyclic) bond motifs is 1. The molecule has 118 valence electrons. The molecule has 5 nitrogen and oxygen atoms in total. The highest BCUT2D eigenvalue weighted by Crippen LogP contribution is 2.24. The van der Waals surface area contributed by atoms with E-state index in [4.69, 9.17) is 11.6 Å². The summed E-state index contributed by atoms with van der Waals surface area (Å²) in [6.07, 6.45) is 3.76. The first-order valence-corrected chi connectivity index (χ1v) is 7.78. The summed E-state index contributed by atoms with van der Waals surface area (Å²) in [6.45, 7) is 0. The van der Waals surface area contributed by atoms with Gasteiger partial charge in [0.1, 0.15) is 0 Å². The fourth-order valence-electron chi connectivity index (χ4n) is 2.66. The van der Waals surface area contributed by atoms with E-state index in [9.17, 15) is 4.79 Å². The predicted octanol–water partition coefficient (Wildman–Crippen LogP) is 3.44. The first-order chi connectivity index (χ1) is 11.6. The van der Waals surface area contributed by atoms with Crippen LogP contribution in [0.2, 0.25) is 5.15 Å². The molecule has 0 aliphatic carbocycles. The zero-order valence-electron chi connectivity index (χ0n) is 12.8. The number of aryl methyl sites for hydroxylation is 1. The minimum absolute atomic E-state index is 0.0188. The summed E-state index contributed by atoms with van der Waals surface area (Å²) in [7, 11) is 1.69. The van der Waals surface area contributed by atoms with Gasteiger partial charge in [-0.15, -0.1) is 0 Å². The van der Waals surface area contributed by atoms with Crippen LogP contribution in [0.4, 0.5) is 0 Å². The molecule has 0 radical (unpaired) electrons. The van der Waals surface area contributed by atoms with Crippen molar-refractivity contribution in [2.45, 2.75) is 0 Å². The first-order valence-electron chi connectivity index (χ1n) is 7.40. The van der Waals surface area contributed by atoms with E-state index in [1.165, 1.54) is 4.57 Å². The number of hydrogen-bond donors (Lipinski definition) is 0. The maximum atomic E-state index is 12.0. The third-order valence-corrected chi connectivity index (χ3v) is 4.22. The lowest BCUT2D eigenvalue weighted by molar-refractivity contribution is 0.881. The van der Waals surface area contributed by atoms with Crippen molar-refractivity contribution < 1.29 is 0 Å². The zero-order valence-corrected chi connectivity index (χ0v) is 13.6. The molecule has 4 aromatic rings. The summed E-state index contributed by atoms with van der Waals surface area (Å²) in [5, 5.41) is 4.39. The average molecular weight is 337 g/mol. The van der Waals surface area contributed by atoms with E-state index in [2.05, 4.69) is 10.1 Å². The number of halogens is 1. The van der Waals surface area contributed by atoms with E-state index >= 15 is 0 Å². The van der Waals surface area contributed by atoms with Gasteiger partial charge in [-0.3, -0.25) is 4.79 Å². The quantitative estimate of drug-likeness (QED) is 0.563. The molecule has 2 aromatic heterocycles. The van der Waals surface area contributed by atoms with Crippen LogP contribution in [0.25, 0.3) is 27.8 Å². The largest absolute Gasteiger partial charge is 0.307 e. The van der Waals surface area contributed by atoms with E-state index < -0.39 is 0 Å². The maximum Gasteiger partial charge on any atom is 0.288 e. The van der Waals surface area contributed by atoms with E-state index in [0.717, 1.165) is 22.3 Å². The van der Waals surface area contributed by atoms with E-state index in [1.54, 1.807) is 13.2 Å². The Labute approximate surface area is 142 Å². The van der Waals surface area contributed by atoms with Crippen LogP contribution in [0, 0.1) is 0 Å². The lowest BCUT2D eigenvalue weighted by Gasteiger charge is -2.06. The smallest absolute Gasteiger partial charge is 0.288 e. The van der Waals surface area contributed by atoms with E-state index in [-0.39, 0.29) is 10.7 Å². The lowest BCUT2D eigenvalue weighted by atomic mass is 10.1. The third-order valence-electron chi connectivity index (χ3n) is 3.97. The van der Waals surface area contributed by atoms with Gasteiger partial charge >= 0.3 is 0 Å². The highest BCUT2D eigenvalue weighted by Gasteiger charge is 2.09. The second-order valence-electron chi connectivity index (χ2n) is 5.48. The Morgan fingerprint density at radius 1 is 1.04 bits per heavy atom. The minimum atomic E-state index is -0.304. The van der Waals surface area contributed by atoms with Crippen LogP contribution in [0.15, 0.2) is 65.7 Å². The summed E-state index contributed by atoms with van der Waals surface area (Å²) in [4.78, 5) is 16.1. The molecule has 4 rings (SSSR count). The van der Waals surface area contributed by atoms with Gasteiger partial charge in [0.25, 0.3) is 5.56 Å². The summed E-state index contributed by atoms with van der Waals surface area (Å²) in [6, 6.07) is 15.6. The van der Waals surface area contributed by atoms with E-state index in [0.29, 0.717) is 5.52 Å². The minimum Gasteiger partial charge on any atom is -0.307 e. The van der Waals surface area contributed by atoms with Gasteiger partial charge in [0.15, 0.2) is 5.15 Å². The van der Waals surface area contributed by atoms with Crippen LogP contribution in [0.1, 0.15) is 0 Å². The molecular formula is C18H13ClN4O. The first kappa shape index (κ1) is 14.7. The Balaban J connectivity index is 1.83. The number of benzene rings is 2. The van der Waals surface area contributed by atoms with Crippen LogP contribution in [-0.4, -0.2) is 19.3 Å². The summed E-state index contributed by atoms with van der Waals surface area (Å²) < 4.78 is 3.33. The van der Waals surface area contributed by atoms with Crippen LogP contribution in [0.3, 0.4) is 0 Å². The Morgan fingerprint density at radius 2 is 1.83 bits per heavy atom. The standard InChI is InChI=1S/C18H13ClN4O/c1-22-16-9-12(7-8-15(16)21-17(19)18(22)24)13-10-20-23(11-13)14-5-3-2-4-6-14/h2-11H,1H3. The monoisotopic (exact) mass is 336 g/mol. The number of hydrogen-bond acceptors (Lipinski definition) is 3. The SMILES string of the molecule is Cn1c(=O)c(Cl)nc2ccc(-c3cnn(-c4ccccc4)c3)cc21. The molecule has 0 saturated heterocycles. The van der Waals surface area contributed by atoms with Gasteiger partial charge in [-0.1, -0.05) is 35.9 Å². The van der Waals surface area contributed by atoms with Crippen molar-refractivity contribution in [3.05, 3.63) is 76.4 Å². The normalized spacial score (nSPS) is 11.1. The fourth-order valence-corrected chi connectivity index (χ4v) is 2.88. The summed E-state index contributed by atoms with van der Waals surface area (Å²) in [5.41, 5.74) is 4.02. The van der Waals surface area contributed by atoms with Crippen molar-refractivity contribution >= 4 is 22.6 Å². The molecule has 6 heteroatoms. The second kappa shape index (κ2) is 5.62. The highest BCUT2D eigenvalue weighted by atomic mass is 35.5. The van der Waals surface area contributed by atoms with Crippen molar-refractivity contribution in [1.29, 1.82) is 0 Å². The van der Waals surface area contributed by atoms with Crippen LogP contribution < -0.4 is 5.56 Å². The molecule has 0 amide bonds. The van der Waals surface area contributed by atoms with Gasteiger partial charge in [0.2, 0.25) is 0 Å². The molecular weight excluding hydrogens is 324 g/mol. The molecule has 0 unspecified atom stereocenters. The summed E-state index contributed by atoms with van der Waals surface area (Å²) >= 11 is 5.86. The van der Waals surface area contributed by atoms with Crippen LogP contribution >= 0.6 is 11.6 Å². The molecule has 24 heavy (non-hydrogen) atoms. The fraction of sp³-hybridized carbons (Fsp3) is 0.0556. The Hall–Kier alpha value is -2.92. The topological polar surface area (TPSA) is 52.7 Å². The summed E-state index contributed by atoms with van der Waals surface area (Å²) in [5.74, 6) is 0. The number of rotatable bonds is 2. The van der Waals surface area contributed by atoms with Gasteiger partial charge in [0, 0.05) is 18.8 Å².